The van der Waals surface area contributed by atoms with Crippen LogP contribution in [0.15, 0.2) is 30.3 Å². The molecule has 0 radical (unpaired) electrons. The molecule has 0 atom stereocenters. The van der Waals surface area contributed by atoms with Crippen molar-refractivity contribution < 1.29 is 4.79 Å². The summed E-state index contributed by atoms with van der Waals surface area (Å²) in [4.78, 5) is 12.3. The number of aromatic amines is 1. The normalized spacial score (nSPS) is 10.8. The van der Waals surface area contributed by atoms with Gasteiger partial charge in [-0.25, -0.2) is 0 Å². The molecule has 0 spiro atoms. The molecule has 0 fully saturated rings. The summed E-state index contributed by atoms with van der Waals surface area (Å²) >= 11 is 2.21. The fourth-order valence-electron chi connectivity index (χ4n) is 2.48. The number of carbonyl (C=O) groups excluding carboxylic acids is 1. The molecule has 0 aliphatic rings. The third kappa shape index (κ3) is 3.14. The first-order chi connectivity index (χ1) is 11.0. The summed E-state index contributed by atoms with van der Waals surface area (Å²) < 4.78 is 2.87. The molecular formula is C16H16IN5O. The number of benzene rings is 1. The monoisotopic (exact) mass is 421 g/mol. The molecule has 23 heavy (non-hydrogen) atoms. The number of hydrogen-bond acceptors (Lipinski definition) is 3. The van der Waals surface area contributed by atoms with E-state index in [1.54, 1.807) is 6.07 Å². The van der Waals surface area contributed by atoms with Crippen molar-refractivity contribution in [1.82, 2.24) is 20.0 Å². The van der Waals surface area contributed by atoms with Crippen molar-refractivity contribution in [2.45, 2.75) is 13.8 Å². The van der Waals surface area contributed by atoms with E-state index in [9.17, 15) is 4.79 Å². The Balaban J connectivity index is 1.85. The molecule has 0 saturated heterocycles. The van der Waals surface area contributed by atoms with Gasteiger partial charge in [0.1, 0.15) is 5.69 Å². The Labute approximate surface area is 147 Å². The van der Waals surface area contributed by atoms with Crippen LogP contribution in [0, 0.1) is 17.4 Å². The quantitative estimate of drug-likeness (QED) is 0.638. The molecule has 2 aromatic heterocycles. The minimum atomic E-state index is -0.218. The summed E-state index contributed by atoms with van der Waals surface area (Å²) in [5, 5.41) is 14.3. The number of hydrogen-bond donors (Lipinski definition) is 2. The van der Waals surface area contributed by atoms with Gasteiger partial charge in [-0.1, -0.05) is 6.07 Å². The Morgan fingerprint density at radius 3 is 2.74 bits per heavy atom. The Morgan fingerprint density at radius 2 is 2.09 bits per heavy atom. The van der Waals surface area contributed by atoms with Crippen LogP contribution in [0.2, 0.25) is 0 Å². The van der Waals surface area contributed by atoms with Crippen molar-refractivity contribution in [1.29, 1.82) is 0 Å². The predicted octanol–water partition coefficient (Wildman–Crippen LogP) is 3.28. The number of carbonyl (C=O) groups is 1. The number of nitrogens with one attached hydrogen (secondary N) is 2. The van der Waals surface area contributed by atoms with Crippen molar-refractivity contribution in [3.63, 3.8) is 0 Å². The van der Waals surface area contributed by atoms with Crippen LogP contribution in [0.25, 0.3) is 11.3 Å². The van der Waals surface area contributed by atoms with Crippen molar-refractivity contribution in [3.05, 3.63) is 51.0 Å². The number of aryl methyl sites for hydroxylation is 2. The summed E-state index contributed by atoms with van der Waals surface area (Å²) in [6.07, 6.45) is 0. The molecule has 7 heteroatoms. The lowest BCUT2D eigenvalue weighted by molar-refractivity contribution is 0.102. The van der Waals surface area contributed by atoms with Gasteiger partial charge in [-0.05, 0) is 60.7 Å². The van der Waals surface area contributed by atoms with E-state index in [0.717, 1.165) is 31.9 Å². The second-order valence-electron chi connectivity index (χ2n) is 5.30. The van der Waals surface area contributed by atoms with Crippen LogP contribution in [0.5, 0.6) is 0 Å². The van der Waals surface area contributed by atoms with E-state index < -0.39 is 0 Å². The van der Waals surface area contributed by atoms with E-state index in [2.05, 4.69) is 43.2 Å². The van der Waals surface area contributed by atoms with Gasteiger partial charge in [0.15, 0.2) is 0 Å². The first kappa shape index (κ1) is 15.7. The zero-order valence-corrected chi connectivity index (χ0v) is 15.2. The van der Waals surface area contributed by atoms with E-state index in [-0.39, 0.29) is 5.91 Å². The second-order valence-corrected chi connectivity index (χ2v) is 6.55. The maximum atomic E-state index is 12.3. The zero-order valence-electron chi connectivity index (χ0n) is 13.0. The third-order valence-electron chi connectivity index (χ3n) is 3.67. The highest BCUT2D eigenvalue weighted by molar-refractivity contribution is 14.1. The molecule has 0 saturated carbocycles. The van der Waals surface area contributed by atoms with Gasteiger partial charge in [-0.15, -0.1) is 0 Å². The van der Waals surface area contributed by atoms with Crippen molar-refractivity contribution in [3.8, 4) is 11.3 Å². The molecule has 0 aliphatic carbocycles. The van der Waals surface area contributed by atoms with Crippen LogP contribution in [0.1, 0.15) is 21.9 Å². The SMILES string of the molecule is Cc1nn(C)c(C)c1-c1cc(C(=O)Nc2cccc(I)c2)[nH]n1. The largest absolute Gasteiger partial charge is 0.321 e. The minimum absolute atomic E-state index is 0.218. The maximum absolute atomic E-state index is 12.3. The average molecular weight is 421 g/mol. The van der Waals surface area contributed by atoms with E-state index in [4.69, 9.17) is 0 Å². The fourth-order valence-corrected chi connectivity index (χ4v) is 3.02. The Hall–Kier alpha value is -2.16. The Morgan fingerprint density at radius 1 is 1.30 bits per heavy atom. The van der Waals surface area contributed by atoms with Crippen LogP contribution >= 0.6 is 22.6 Å². The first-order valence-electron chi connectivity index (χ1n) is 7.08. The van der Waals surface area contributed by atoms with Gasteiger partial charge in [-0.3, -0.25) is 14.6 Å². The van der Waals surface area contributed by atoms with Crippen LogP contribution in [0.3, 0.4) is 0 Å². The standard InChI is InChI=1S/C16H16IN5O/c1-9-15(10(2)22(3)21-9)13-8-14(20-19-13)16(23)18-12-6-4-5-11(17)7-12/h4-8H,1-3H3,(H,18,23)(H,19,20). The number of rotatable bonds is 3. The molecule has 1 aromatic carbocycles. The molecule has 118 valence electrons. The van der Waals surface area contributed by atoms with Gasteiger partial charge >= 0.3 is 0 Å². The number of amides is 1. The minimum Gasteiger partial charge on any atom is -0.321 e. The van der Waals surface area contributed by atoms with Gasteiger partial charge in [-0.2, -0.15) is 10.2 Å². The van der Waals surface area contributed by atoms with E-state index >= 15 is 0 Å². The molecule has 0 aliphatic heterocycles. The van der Waals surface area contributed by atoms with Gasteiger partial charge in [0.05, 0.1) is 11.4 Å². The summed E-state index contributed by atoms with van der Waals surface area (Å²) in [7, 11) is 1.89. The molecule has 0 unspecified atom stereocenters. The van der Waals surface area contributed by atoms with E-state index in [1.807, 2.05) is 49.8 Å². The van der Waals surface area contributed by atoms with Crippen molar-refractivity contribution >= 4 is 34.2 Å². The number of aromatic nitrogens is 4. The van der Waals surface area contributed by atoms with E-state index in [0.29, 0.717) is 5.69 Å². The molecule has 1 amide bonds. The first-order valence-corrected chi connectivity index (χ1v) is 8.16. The molecule has 2 heterocycles. The smallest absolute Gasteiger partial charge is 0.273 e. The summed E-state index contributed by atoms with van der Waals surface area (Å²) in [5.41, 5.74) is 4.76. The number of nitrogens with zero attached hydrogens (tertiary/aromatic N) is 3. The lowest BCUT2D eigenvalue weighted by Crippen LogP contribution is -2.12. The summed E-state index contributed by atoms with van der Waals surface area (Å²) in [6, 6.07) is 9.38. The lowest BCUT2D eigenvalue weighted by atomic mass is 10.1. The molecule has 3 rings (SSSR count). The highest BCUT2D eigenvalue weighted by atomic mass is 127. The Kier molecular flexibility index (Phi) is 4.20. The van der Waals surface area contributed by atoms with Crippen molar-refractivity contribution in [2.75, 3.05) is 5.32 Å². The van der Waals surface area contributed by atoms with Crippen LogP contribution in [-0.4, -0.2) is 25.9 Å². The Bertz CT molecular complexity index is 880. The molecule has 6 nitrogen and oxygen atoms in total. The van der Waals surface area contributed by atoms with Gasteiger partial charge < -0.3 is 5.32 Å². The van der Waals surface area contributed by atoms with Crippen LogP contribution in [0.4, 0.5) is 5.69 Å². The van der Waals surface area contributed by atoms with E-state index in [1.165, 1.54) is 0 Å². The van der Waals surface area contributed by atoms with Gasteiger partial charge in [0.2, 0.25) is 0 Å². The van der Waals surface area contributed by atoms with Gasteiger partial charge in [0.25, 0.3) is 5.91 Å². The topological polar surface area (TPSA) is 75.6 Å². The van der Waals surface area contributed by atoms with Crippen LogP contribution in [-0.2, 0) is 7.05 Å². The second kappa shape index (κ2) is 6.15. The predicted molar refractivity (Wildman–Crippen MR) is 97.4 cm³/mol. The highest BCUT2D eigenvalue weighted by Gasteiger charge is 2.17. The van der Waals surface area contributed by atoms with Gasteiger partial charge in [0, 0.05) is 27.6 Å². The number of halogens is 1. The van der Waals surface area contributed by atoms with Crippen LogP contribution < -0.4 is 5.32 Å². The summed E-state index contributed by atoms with van der Waals surface area (Å²) in [5.74, 6) is -0.218. The number of H-pyrrole nitrogens is 1. The molecule has 2 N–H and O–H groups in total. The fraction of sp³-hybridized carbons (Fsp3) is 0.188. The molecule has 0 bridgehead atoms. The zero-order chi connectivity index (χ0) is 16.6. The maximum Gasteiger partial charge on any atom is 0.273 e. The lowest BCUT2D eigenvalue weighted by Gasteiger charge is -2.03. The molecule has 3 aromatic rings. The summed E-state index contributed by atoms with van der Waals surface area (Å²) in [6.45, 7) is 3.92. The van der Waals surface area contributed by atoms with Crippen molar-refractivity contribution in [2.24, 2.45) is 7.05 Å². The third-order valence-corrected chi connectivity index (χ3v) is 4.34. The average Bonchev–Trinajstić information content (AvgIpc) is 3.05. The molecular weight excluding hydrogens is 405 g/mol. The highest BCUT2D eigenvalue weighted by Crippen LogP contribution is 2.25. The number of anilines is 1.